The molecule has 18 heavy (non-hydrogen) atoms. The first-order chi connectivity index (χ1) is 8.59. The Kier molecular flexibility index (Phi) is 6.50. The summed E-state index contributed by atoms with van der Waals surface area (Å²) in [6.07, 6.45) is 2.33. The molecule has 0 amide bonds. The van der Waals surface area contributed by atoms with E-state index in [-0.39, 0.29) is 5.12 Å². The minimum absolute atomic E-state index is 0.0238. The van der Waals surface area contributed by atoms with E-state index in [0.29, 0.717) is 12.2 Å². The van der Waals surface area contributed by atoms with E-state index >= 15 is 0 Å². The molecule has 0 bridgehead atoms. The molecule has 1 aromatic rings. The molecular formula is C14H18O3S. The van der Waals surface area contributed by atoms with Crippen molar-refractivity contribution in [2.24, 2.45) is 5.92 Å². The first-order valence-electron chi connectivity index (χ1n) is 5.99. The average molecular weight is 266 g/mol. The summed E-state index contributed by atoms with van der Waals surface area (Å²) in [5.41, 5.74) is 1.22. The highest BCUT2D eigenvalue weighted by molar-refractivity contribution is 8.13. The number of carbonyl (C=O) groups is 2. The standard InChI is InChI=1S/C14H18O3S/c1-11(15)18-10-13(14(16)17)9-5-8-12-6-3-2-4-7-12/h2-4,6-7,13H,5,8-10H2,1H3,(H,16,17). The third kappa shape index (κ3) is 5.87. The zero-order valence-electron chi connectivity index (χ0n) is 10.5. The minimum atomic E-state index is -0.809. The van der Waals surface area contributed by atoms with Crippen LogP contribution >= 0.6 is 11.8 Å². The highest BCUT2D eigenvalue weighted by Gasteiger charge is 2.17. The molecule has 1 atom stereocenters. The average Bonchev–Trinajstić information content (AvgIpc) is 2.34. The van der Waals surface area contributed by atoms with E-state index in [0.717, 1.165) is 24.6 Å². The summed E-state index contributed by atoms with van der Waals surface area (Å²) in [6.45, 7) is 1.47. The van der Waals surface area contributed by atoms with Gasteiger partial charge in [-0.05, 0) is 24.8 Å². The molecule has 1 aromatic carbocycles. The Hall–Kier alpha value is -1.29. The maximum atomic E-state index is 11.0. The van der Waals surface area contributed by atoms with Crippen LogP contribution in [0.4, 0.5) is 0 Å². The number of hydrogen-bond donors (Lipinski definition) is 1. The highest BCUT2D eigenvalue weighted by Crippen LogP contribution is 2.17. The van der Waals surface area contributed by atoms with Crippen LogP contribution in [0, 0.1) is 5.92 Å². The number of rotatable bonds is 7. The highest BCUT2D eigenvalue weighted by atomic mass is 32.2. The van der Waals surface area contributed by atoms with Gasteiger partial charge in [-0.1, -0.05) is 42.1 Å². The Morgan fingerprint density at radius 1 is 1.28 bits per heavy atom. The first kappa shape index (κ1) is 14.8. The molecule has 0 radical (unpaired) electrons. The van der Waals surface area contributed by atoms with Crippen molar-refractivity contribution in [3.05, 3.63) is 35.9 Å². The summed E-state index contributed by atoms with van der Waals surface area (Å²) < 4.78 is 0. The van der Waals surface area contributed by atoms with Gasteiger partial charge in [-0.25, -0.2) is 0 Å². The molecule has 0 aliphatic heterocycles. The second kappa shape index (κ2) is 7.93. The van der Waals surface area contributed by atoms with Gasteiger partial charge in [-0.2, -0.15) is 0 Å². The summed E-state index contributed by atoms with van der Waals surface area (Å²) in [4.78, 5) is 21.9. The van der Waals surface area contributed by atoms with Gasteiger partial charge in [-0.3, -0.25) is 9.59 Å². The van der Waals surface area contributed by atoms with Gasteiger partial charge in [0.05, 0.1) is 5.92 Å². The van der Waals surface area contributed by atoms with Crippen molar-refractivity contribution in [3.63, 3.8) is 0 Å². The van der Waals surface area contributed by atoms with E-state index in [9.17, 15) is 9.59 Å². The lowest BCUT2D eigenvalue weighted by molar-refractivity contribution is -0.141. The molecule has 3 nitrogen and oxygen atoms in total. The largest absolute Gasteiger partial charge is 0.481 e. The molecule has 1 rings (SSSR count). The normalized spacial score (nSPS) is 12.1. The molecule has 98 valence electrons. The fourth-order valence-electron chi connectivity index (χ4n) is 1.69. The first-order valence-corrected chi connectivity index (χ1v) is 6.98. The van der Waals surface area contributed by atoms with Crippen molar-refractivity contribution in [2.45, 2.75) is 26.2 Å². The van der Waals surface area contributed by atoms with Crippen molar-refractivity contribution < 1.29 is 14.7 Å². The number of hydrogen-bond acceptors (Lipinski definition) is 3. The number of carbonyl (C=O) groups excluding carboxylic acids is 1. The van der Waals surface area contributed by atoms with Crippen LogP contribution in [0.1, 0.15) is 25.3 Å². The van der Waals surface area contributed by atoms with Crippen LogP contribution in [0.2, 0.25) is 0 Å². The van der Waals surface area contributed by atoms with E-state index in [2.05, 4.69) is 0 Å². The Morgan fingerprint density at radius 2 is 1.94 bits per heavy atom. The topological polar surface area (TPSA) is 54.4 Å². The number of benzene rings is 1. The van der Waals surface area contributed by atoms with Crippen molar-refractivity contribution in [3.8, 4) is 0 Å². The van der Waals surface area contributed by atoms with Crippen LogP contribution in [0.15, 0.2) is 30.3 Å². The second-order valence-electron chi connectivity index (χ2n) is 4.22. The van der Waals surface area contributed by atoms with Crippen molar-refractivity contribution >= 4 is 22.8 Å². The lowest BCUT2D eigenvalue weighted by atomic mass is 10.0. The third-order valence-corrected chi connectivity index (χ3v) is 3.67. The maximum Gasteiger partial charge on any atom is 0.307 e. The second-order valence-corrected chi connectivity index (χ2v) is 5.41. The molecule has 0 heterocycles. The summed E-state index contributed by atoms with van der Waals surface area (Å²) in [7, 11) is 0. The summed E-state index contributed by atoms with van der Waals surface area (Å²) in [6, 6.07) is 10.0. The Morgan fingerprint density at radius 3 is 2.50 bits per heavy atom. The minimum Gasteiger partial charge on any atom is -0.481 e. The lowest BCUT2D eigenvalue weighted by Gasteiger charge is -2.10. The van der Waals surface area contributed by atoms with Crippen LogP contribution < -0.4 is 0 Å². The fourth-order valence-corrected chi connectivity index (χ4v) is 2.44. The SMILES string of the molecule is CC(=O)SCC(CCCc1ccccc1)C(=O)O. The predicted molar refractivity (Wildman–Crippen MR) is 73.6 cm³/mol. The number of aryl methyl sites for hydroxylation is 1. The van der Waals surface area contributed by atoms with Crippen molar-refractivity contribution in [1.29, 1.82) is 0 Å². The third-order valence-electron chi connectivity index (χ3n) is 2.70. The van der Waals surface area contributed by atoms with Crippen LogP contribution in [0.3, 0.4) is 0 Å². The van der Waals surface area contributed by atoms with E-state index in [1.54, 1.807) is 0 Å². The van der Waals surface area contributed by atoms with Gasteiger partial charge in [0.1, 0.15) is 0 Å². The van der Waals surface area contributed by atoms with E-state index < -0.39 is 11.9 Å². The quantitative estimate of drug-likeness (QED) is 0.824. The molecule has 0 spiro atoms. The Balaban J connectivity index is 2.34. The molecule has 0 aromatic heterocycles. The monoisotopic (exact) mass is 266 g/mol. The van der Waals surface area contributed by atoms with Crippen LogP contribution in [-0.4, -0.2) is 21.9 Å². The van der Waals surface area contributed by atoms with E-state index in [4.69, 9.17) is 5.11 Å². The molecule has 0 fully saturated rings. The number of thioether (sulfide) groups is 1. The van der Waals surface area contributed by atoms with Gasteiger partial charge in [0, 0.05) is 12.7 Å². The van der Waals surface area contributed by atoms with Crippen molar-refractivity contribution in [1.82, 2.24) is 0 Å². The molecule has 0 aliphatic rings. The van der Waals surface area contributed by atoms with Gasteiger partial charge < -0.3 is 5.11 Å². The summed E-state index contributed by atoms with van der Waals surface area (Å²) in [5.74, 6) is -0.862. The molecule has 0 aliphatic carbocycles. The van der Waals surface area contributed by atoms with Crippen LogP contribution in [0.25, 0.3) is 0 Å². The molecule has 0 saturated carbocycles. The fraction of sp³-hybridized carbons (Fsp3) is 0.429. The van der Waals surface area contributed by atoms with Crippen molar-refractivity contribution in [2.75, 3.05) is 5.75 Å². The molecule has 1 N–H and O–H groups in total. The smallest absolute Gasteiger partial charge is 0.307 e. The summed E-state index contributed by atoms with van der Waals surface area (Å²) >= 11 is 1.09. The number of aliphatic carboxylic acids is 1. The van der Waals surface area contributed by atoms with Gasteiger partial charge in [0.2, 0.25) is 0 Å². The summed E-state index contributed by atoms with van der Waals surface area (Å²) in [5, 5.41) is 9.03. The Bertz CT molecular complexity index is 389. The molecular weight excluding hydrogens is 248 g/mol. The number of carboxylic acids is 1. The lowest BCUT2D eigenvalue weighted by Crippen LogP contribution is -2.17. The molecule has 4 heteroatoms. The van der Waals surface area contributed by atoms with Gasteiger partial charge in [0.25, 0.3) is 0 Å². The predicted octanol–water partition coefficient (Wildman–Crippen LogP) is 2.99. The van der Waals surface area contributed by atoms with Gasteiger partial charge >= 0.3 is 5.97 Å². The maximum absolute atomic E-state index is 11.0. The van der Waals surface area contributed by atoms with E-state index in [1.165, 1.54) is 12.5 Å². The van der Waals surface area contributed by atoms with Gasteiger partial charge in [-0.15, -0.1) is 0 Å². The molecule has 1 unspecified atom stereocenters. The van der Waals surface area contributed by atoms with Crippen LogP contribution in [-0.2, 0) is 16.0 Å². The van der Waals surface area contributed by atoms with E-state index in [1.807, 2.05) is 30.3 Å². The number of carboxylic acid groups (broad SMARTS) is 1. The zero-order valence-corrected chi connectivity index (χ0v) is 11.3. The zero-order chi connectivity index (χ0) is 13.4. The van der Waals surface area contributed by atoms with Crippen LogP contribution in [0.5, 0.6) is 0 Å². The Labute approximate surface area is 112 Å². The van der Waals surface area contributed by atoms with Gasteiger partial charge in [0.15, 0.2) is 5.12 Å². The molecule has 0 saturated heterocycles.